The van der Waals surface area contributed by atoms with Crippen LogP contribution in [0.5, 0.6) is 0 Å². The molecule has 2 aromatic carbocycles. The summed E-state index contributed by atoms with van der Waals surface area (Å²) in [7, 11) is 1.62. The van der Waals surface area contributed by atoms with E-state index >= 15 is 0 Å². The van der Waals surface area contributed by atoms with Crippen LogP contribution in [0.3, 0.4) is 0 Å². The number of amides is 2. The molecule has 8 nitrogen and oxygen atoms in total. The van der Waals surface area contributed by atoms with Gasteiger partial charge >= 0.3 is 0 Å². The Morgan fingerprint density at radius 2 is 1.89 bits per heavy atom. The van der Waals surface area contributed by atoms with Gasteiger partial charge in [0.2, 0.25) is 11.8 Å². The van der Waals surface area contributed by atoms with Crippen LogP contribution in [0.4, 0.5) is 17.1 Å². The summed E-state index contributed by atoms with van der Waals surface area (Å²) in [6, 6.07) is 10.3. The molecule has 0 aliphatic rings. The maximum absolute atomic E-state index is 12.5. The summed E-state index contributed by atoms with van der Waals surface area (Å²) in [6.07, 6.45) is 0. The quantitative estimate of drug-likeness (QED) is 0.472. The number of nitro benzene ring substituents is 1. The standard InChI is InChI=1S/C18H18BrClN4O4/c1-11(18(26)22-16-9-12(24(27)28)7-8-14(16)20)23(2)10-17(25)21-15-6-4-3-5-13(15)19/h3-9,11H,10H2,1-2H3,(H,21,25)(H,22,26)/t11-/m1/s1. The van der Waals surface area contributed by atoms with Crippen LogP contribution in [-0.2, 0) is 9.59 Å². The molecular formula is C18H18BrClN4O4. The van der Waals surface area contributed by atoms with Crippen LogP contribution in [0.25, 0.3) is 0 Å². The first-order valence-electron chi connectivity index (χ1n) is 8.18. The van der Waals surface area contributed by atoms with E-state index in [9.17, 15) is 19.7 Å². The van der Waals surface area contributed by atoms with Gasteiger partial charge in [0.25, 0.3) is 5.69 Å². The number of carbonyl (C=O) groups is 2. The van der Waals surface area contributed by atoms with Gasteiger partial charge in [0.15, 0.2) is 0 Å². The maximum Gasteiger partial charge on any atom is 0.271 e. The molecule has 2 aromatic rings. The molecule has 0 aromatic heterocycles. The first kappa shape index (κ1) is 21.8. The molecule has 10 heteroatoms. The van der Waals surface area contributed by atoms with Gasteiger partial charge in [0, 0.05) is 16.6 Å². The zero-order valence-electron chi connectivity index (χ0n) is 15.1. The van der Waals surface area contributed by atoms with Crippen molar-refractivity contribution in [2.75, 3.05) is 24.2 Å². The summed E-state index contributed by atoms with van der Waals surface area (Å²) in [5.41, 5.74) is 0.577. The zero-order chi connectivity index (χ0) is 20.8. The van der Waals surface area contributed by atoms with Crippen molar-refractivity contribution in [1.82, 2.24) is 4.90 Å². The highest BCUT2D eigenvalue weighted by molar-refractivity contribution is 9.10. The third-order valence-electron chi connectivity index (χ3n) is 4.00. The number of para-hydroxylation sites is 1. The van der Waals surface area contributed by atoms with Crippen molar-refractivity contribution in [3.63, 3.8) is 0 Å². The molecule has 0 saturated heterocycles. The van der Waals surface area contributed by atoms with Crippen molar-refractivity contribution >= 4 is 56.4 Å². The predicted octanol–water partition coefficient (Wildman–Crippen LogP) is 3.91. The largest absolute Gasteiger partial charge is 0.324 e. The van der Waals surface area contributed by atoms with Gasteiger partial charge in [-0.2, -0.15) is 0 Å². The molecule has 1 atom stereocenters. The molecule has 2 N–H and O–H groups in total. The summed E-state index contributed by atoms with van der Waals surface area (Å²) < 4.78 is 0.747. The van der Waals surface area contributed by atoms with E-state index in [0.717, 1.165) is 4.47 Å². The molecule has 2 rings (SSSR count). The van der Waals surface area contributed by atoms with Crippen molar-refractivity contribution in [2.45, 2.75) is 13.0 Å². The van der Waals surface area contributed by atoms with Crippen LogP contribution in [0.1, 0.15) is 6.92 Å². The van der Waals surface area contributed by atoms with E-state index in [1.54, 1.807) is 37.1 Å². The van der Waals surface area contributed by atoms with Crippen LogP contribution in [0.2, 0.25) is 5.02 Å². The monoisotopic (exact) mass is 468 g/mol. The lowest BCUT2D eigenvalue weighted by Crippen LogP contribution is -2.43. The fraction of sp³-hybridized carbons (Fsp3) is 0.222. The number of hydrogen-bond acceptors (Lipinski definition) is 5. The Balaban J connectivity index is 1.99. The molecule has 28 heavy (non-hydrogen) atoms. The summed E-state index contributed by atoms with van der Waals surface area (Å²) >= 11 is 9.35. The highest BCUT2D eigenvalue weighted by atomic mass is 79.9. The van der Waals surface area contributed by atoms with Crippen molar-refractivity contribution in [2.24, 2.45) is 0 Å². The van der Waals surface area contributed by atoms with Gasteiger partial charge in [0.1, 0.15) is 0 Å². The average Bonchev–Trinajstić information content (AvgIpc) is 2.64. The number of nitrogens with one attached hydrogen (secondary N) is 2. The number of benzene rings is 2. The topological polar surface area (TPSA) is 105 Å². The third kappa shape index (κ3) is 5.75. The van der Waals surface area contributed by atoms with Gasteiger partial charge in [-0.3, -0.25) is 24.6 Å². The number of likely N-dealkylation sites (N-methyl/N-ethyl adjacent to an activating group) is 1. The van der Waals surface area contributed by atoms with Crippen LogP contribution >= 0.6 is 27.5 Å². The summed E-state index contributed by atoms with van der Waals surface area (Å²) in [4.78, 5) is 36.5. The second-order valence-corrected chi connectivity index (χ2v) is 7.29. The van der Waals surface area contributed by atoms with Gasteiger partial charge in [-0.1, -0.05) is 23.7 Å². The minimum atomic E-state index is -0.680. The molecule has 0 heterocycles. The molecule has 2 amide bonds. The second-order valence-electron chi connectivity index (χ2n) is 6.03. The van der Waals surface area contributed by atoms with Crippen LogP contribution in [0.15, 0.2) is 46.9 Å². The lowest BCUT2D eigenvalue weighted by molar-refractivity contribution is -0.384. The van der Waals surface area contributed by atoms with Crippen molar-refractivity contribution < 1.29 is 14.5 Å². The predicted molar refractivity (Wildman–Crippen MR) is 112 cm³/mol. The smallest absolute Gasteiger partial charge is 0.271 e. The molecule has 148 valence electrons. The number of anilines is 2. The third-order valence-corrected chi connectivity index (χ3v) is 5.02. The van der Waals surface area contributed by atoms with Crippen molar-refractivity contribution in [3.05, 3.63) is 62.1 Å². The number of non-ortho nitro benzene ring substituents is 1. The molecule has 0 bridgehead atoms. The molecule has 0 aliphatic heterocycles. The fourth-order valence-corrected chi connectivity index (χ4v) is 2.82. The minimum Gasteiger partial charge on any atom is -0.324 e. The van der Waals surface area contributed by atoms with Gasteiger partial charge in [-0.25, -0.2) is 0 Å². The molecule has 0 unspecified atom stereocenters. The Morgan fingerprint density at radius 3 is 2.54 bits per heavy atom. The molecule has 0 saturated carbocycles. The van der Waals surface area contributed by atoms with E-state index in [-0.39, 0.29) is 28.8 Å². The van der Waals surface area contributed by atoms with Crippen LogP contribution in [-0.4, -0.2) is 41.3 Å². The molecule has 0 radical (unpaired) electrons. The molecule has 0 fully saturated rings. The number of carbonyl (C=O) groups excluding carboxylic acids is 2. The highest BCUT2D eigenvalue weighted by Gasteiger charge is 2.22. The van der Waals surface area contributed by atoms with E-state index < -0.39 is 16.9 Å². The van der Waals surface area contributed by atoms with E-state index in [4.69, 9.17) is 11.6 Å². The lowest BCUT2D eigenvalue weighted by Gasteiger charge is -2.23. The molecular weight excluding hydrogens is 452 g/mol. The van der Waals surface area contributed by atoms with E-state index in [2.05, 4.69) is 26.6 Å². The first-order valence-corrected chi connectivity index (χ1v) is 9.35. The van der Waals surface area contributed by atoms with E-state index in [1.165, 1.54) is 18.2 Å². The van der Waals surface area contributed by atoms with Gasteiger partial charge in [-0.15, -0.1) is 0 Å². The lowest BCUT2D eigenvalue weighted by atomic mass is 10.2. The SMILES string of the molecule is C[C@H](C(=O)Nc1cc([N+](=O)[O-])ccc1Cl)N(C)CC(=O)Nc1ccccc1Br. The van der Waals surface area contributed by atoms with Gasteiger partial charge in [-0.05, 0) is 48.1 Å². The minimum absolute atomic E-state index is 0.0292. The summed E-state index contributed by atoms with van der Waals surface area (Å²) in [5.74, 6) is -0.735. The summed E-state index contributed by atoms with van der Waals surface area (Å²) in [6.45, 7) is 1.59. The Morgan fingerprint density at radius 1 is 1.21 bits per heavy atom. The number of rotatable bonds is 7. The van der Waals surface area contributed by atoms with E-state index in [1.807, 2.05) is 6.07 Å². The molecule has 0 aliphatic carbocycles. The Kier molecular flexibility index (Phi) is 7.50. The Labute approximate surface area is 175 Å². The Bertz CT molecular complexity index is 909. The summed E-state index contributed by atoms with van der Waals surface area (Å²) in [5, 5.41) is 16.4. The van der Waals surface area contributed by atoms with Crippen molar-refractivity contribution in [1.29, 1.82) is 0 Å². The van der Waals surface area contributed by atoms with Gasteiger partial charge in [0.05, 0.1) is 33.9 Å². The van der Waals surface area contributed by atoms with Crippen LogP contribution in [0, 0.1) is 10.1 Å². The van der Waals surface area contributed by atoms with Gasteiger partial charge < -0.3 is 10.6 Å². The number of hydrogen-bond donors (Lipinski definition) is 2. The normalized spacial score (nSPS) is 11.8. The maximum atomic E-state index is 12.5. The highest BCUT2D eigenvalue weighted by Crippen LogP contribution is 2.27. The number of nitrogens with zero attached hydrogens (tertiary/aromatic N) is 2. The number of nitro groups is 1. The van der Waals surface area contributed by atoms with E-state index in [0.29, 0.717) is 5.69 Å². The van der Waals surface area contributed by atoms with Crippen LogP contribution < -0.4 is 10.6 Å². The first-order chi connectivity index (χ1) is 13.2. The number of halogens is 2. The second kappa shape index (κ2) is 9.63. The fourth-order valence-electron chi connectivity index (χ4n) is 2.28. The van der Waals surface area contributed by atoms with Crippen molar-refractivity contribution in [3.8, 4) is 0 Å². The zero-order valence-corrected chi connectivity index (χ0v) is 17.5. The average molecular weight is 470 g/mol. The Hall–Kier alpha value is -2.49. The molecule has 0 spiro atoms.